The Morgan fingerprint density at radius 2 is 2.06 bits per heavy atom. The maximum absolute atomic E-state index is 4.53. The van der Waals surface area contributed by atoms with Gasteiger partial charge in [-0.1, -0.05) is 20.8 Å². The van der Waals surface area contributed by atoms with Gasteiger partial charge in [0.05, 0.1) is 0 Å². The molecule has 1 aromatic rings. The molecule has 1 heterocycles. The van der Waals surface area contributed by atoms with Crippen LogP contribution in [-0.2, 0) is 0 Å². The van der Waals surface area contributed by atoms with Crippen molar-refractivity contribution in [3.8, 4) is 0 Å². The van der Waals surface area contributed by atoms with E-state index in [9.17, 15) is 0 Å². The Bertz CT molecular complexity index is 373. The standard InChI is InChI=1S/C12H18BrN3/c1-7(2)12-15-10(13)6-11(16-12)14-9-4-8(3)5-9/h6-9H,4-5H2,1-3H3,(H,14,15,16). The fraction of sp³-hybridized carbons (Fsp3) is 0.667. The van der Waals surface area contributed by atoms with Crippen LogP contribution < -0.4 is 5.32 Å². The number of rotatable bonds is 3. The summed E-state index contributed by atoms with van der Waals surface area (Å²) in [5.74, 6) is 3.05. The zero-order valence-electron chi connectivity index (χ0n) is 10.00. The maximum Gasteiger partial charge on any atom is 0.134 e. The van der Waals surface area contributed by atoms with Crippen LogP contribution in [0.4, 0.5) is 5.82 Å². The lowest BCUT2D eigenvalue weighted by Crippen LogP contribution is -2.34. The van der Waals surface area contributed by atoms with Crippen molar-refractivity contribution in [2.24, 2.45) is 5.92 Å². The number of hydrogen-bond donors (Lipinski definition) is 1. The maximum atomic E-state index is 4.53. The summed E-state index contributed by atoms with van der Waals surface area (Å²) in [6.45, 7) is 6.50. The molecule has 88 valence electrons. The molecule has 0 bridgehead atoms. The molecule has 1 fully saturated rings. The third kappa shape index (κ3) is 2.73. The summed E-state index contributed by atoms with van der Waals surface area (Å²) < 4.78 is 0.862. The van der Waals surface area contributed by atoms with Crippen molar-refractivity contribution >= 4 is 21.7 Å². The Morgan fingerprint density at radius 1 is 1.38 bits per heavy atom. The normalized spacial score (nSPS) is 24.3. The quantitative estimate of drug-likeness (QED) is 0.862. The first kappa shape index (κ1) is 11.8. The first-order chi connectivity index (χ1) is 7.54. The van der Waals surface area contributed by atoms with Gasteiger partial charge in [-0.2, -0.15) is 0 Å². The van der Waals surface area contributed by atoms with E-state index < -0.39 is 0 Å². The van der Waals surface area contributed by atoms with Crippen LogP contribution in [0, 0.1) is 5.92 Å². The third-order valence-corrected chi connectivity index (χ3v) is 3.36. The first-order valence-electron chi connectivity index (χ1n) is 5.85. The van der Waals surface area contributed by atoms with Gasteiger partial charge >= 0.3 is 0 Å². The number of aromatic nitrogens is 2. The number of halogens is 1. The fourth-order valence-corrected chi connectivity index (χ4v) is 2.40. The Labute approximate surface area is 105 Å². The van der Waals surface area contributed by atoms with E-state index in [0.29, 0.717) is 12.0 Å². The molecule has 1 saturated carbocycles. The Morgan fingerprint density at radius 3 is 2.62 bits per heavy atom. The number of nitrogens with zero attached hydrogens (tertiary/aromatic N) is 2. The third-order valence-electron chi connectivity index (χ3n) is 2.95. The minimum absolute atomic E-state index is 0.360. The molecular formula is C12H18BrN3. The summed E-state index contributed by atoms with van der Waals surface area (Å²) in [6, 6.07) is 2.55. The second-order valence-corrected chi connectivity index (χ2v) is 5.82. The zero-order valence-corrected chi connectivity index (χ0v) is 11.6. The van der Waals surface area contributed by atoms with Crippen molar-refractivity contribution in [3.63, 3.8) is 0 Å². The molecule has 1 aliphatic rings. The van der Waals surface area contributed by atoms with Gasteiger partial charge in [-0.15, -0.1) is 0 Å². The van der Waals surface area contributed by atoms with Crippen molar-refractivity contribution in [1.82, 2.24) is 9.97 Å². The fourth-order valence-electron chi connectivity index (χ4n) is 2.00. The van der Waals surface area contributed by atoms with E-state index in [-0.39, 0.29) is 0 Å². The molecule has 0 unspecified atom stereocenters. The molecule has 0 saturated heterocycles. The predicted molar refractivity (Wildman–Crippen MR) is 69.6 cm³/mol. The average molecular weight is 284 g/mol. The highest BCUT2D eigenvalue weighted by atomic mass is 79.9. The molecule has 4 heteroatoms. The molecule has 3 nitrogen and oxygen atoms in total. The van der Waals surface area contributed by atoms with E-state index in [1.165, 1.54) is 12.8 Å². The molecule has 0 amide bonds. The molecule has 0 aliphatic heterocycles. The van der Waals surface area contributed by atoms with E-state index >= 15 is 0 Å². The van der Waals surface area contributed by atoms with Crippen LogP contribution in [0.2, 0.25) is 0 Å². The molecule has 1 aromatic heterocycles. The minimum atomic E-state index is 0.360. The second-order valence-electron chi connectivity index (χ2n) is 5.01. The average Bonchev–Trinajstić information content (AvgIpc) is 2.14. The summed E-state index contributed by atoms with van der Waals surface area (Å²) in [6.07, 6.45) is 2.50. The van der Waals surface area contributed by atoms with Gasteiger partial charge < -0.3 is 5.32 Å². The molecule has 1 aliphatic carbocycles. The van der Waals surface area contributed by atoms with Gasteiger partial charge in [0.1, 0.15) is 16.2 Å². The Kier molecular flexibility index (Phi) is 3.47. The molecule has 2 rings (SSSR count). The number of hydrogen-bond acceptors (Lipinski definition) is 3. The monoisotopic (exact) mass is 283 g/mol. The minimum Gasteiger partial charge on any atom is -0.367 e. The zero-order chi connectivity index (χ0) is 11.7. The lowest BCUT2D eigenvalue weighted by Gasteiger charge is -2.33. The van der Waals surface area contributed by atoms with Crippen molar-refractivity contribution in [1.29, 1.82) is 0 Å². The van der Waals surface area contributed by atoms with E-state index in [0.717, 1.165) is 22.2 Å². The molecule has 16 heavy (non-hydrogen) atoms. The SMILES string of the molecule is CC1CC(Nc2cc(Br)nc(C(C)C)n2)C1. The number of anilines is 1. The van der Waals surface area contributed by atoms with Crippen molar-refractivity contribution in [2.45, 2.75) is 45.6 Å². The summed E-state index contributed by atoms with van der Waals surface area (Å²) in [5.41, 5.74) is 0. The summed E-state index contributed by atoms with van der Waals surface area (Å²) in [5, 5.41) is 3.46. The van der Waals surface area contributed by atoms with Gasteiger partial charge in [-0.3, -0.25) is 0 Å². The van der Waals surface area contributed by atoms with Gasteiger partial charge in [0.2, 0.25) is 0 Å². The highest BCUT2D eigenvalue weighted by molar-refractivity contribution is 9.10. The highest BCUT2D eigenvalue weighted by Crippen LogP contribution is 2.29. The lowest BCUT2D eigenvalue weighted by molar-refractivity contribution is 0.308. The van der Waals surface area contributed by atoms with Crippen LogP contribution in [0.15, 0.2) is 10.7 Å². The van der Waals surface area contributed by atoms with Gasteiger partial charge in [0.25, 0.3) is 0 Å². The molecule has 0 spiro atoms. The van der Waals surface area contributed by atoms with Crippen LogP contribution in [0.3, 0.4) is 0 Å². The number of nitrogens with one attached hydrogen (secondary N) is 1. The Balaban J connectivity index is 2.08. The molecule has 0 atom stereocenters. The molecule has 1 N–H and O–H groups in total. The van der Waals surface area contributed by atoms with Gasteiger partial charge in [-0.25, -0.2) is 9.97 Å². The van der Waals surface area contributed by atoms with E-state index in [1.54, 1.807) is 0 Å². The van der Waals surface area contributed by atoms with Crippen molar-refractivity contribution in [3.05, 3.63) is 16.5 Å². The van der Waals surface area contributed by atoms with Gasteiger partial charge in [0, 0.05) is 18.0 Å². The Hall–Kier alpha value is -0.640. The highest BCUT2D eigenvalue weighted by Gasteiger charge is 2.25. The van der Waals surface area contributed by atoms with Crippen LogP contribution in [0.1, 0.15) is 45.4 Å². The predicted octanol–water partition coefficient (Wildman–Crippen LogP) is 3.57. The van der Waals surface area contributed by atoms with Crippen LogP contribution >= 0.6 is 15.9 Å². The van der Waals surface area contributed by atoms with Crippen LogP contribution in [-0.4, -0.2) is 16.0 Å². The summed E-state index contributed by atoms with van der Waals surface area (Å²) >= 11 is 3.43. The van der Waals surface area contributed by atoms with E-state index in [2.05, 4.69) is 52.0 Å². The summed E-state index contributed by atoms with van der Waals surface area (Å²) in [4.78, 5) is 8.89. The lowest BCUT2D eigenvalue weighted by atomic mass is 9.82. The second kappa shape index (κ2) is 4.70. The first-order valence-corrected chi connectivity index (χ1v) is 6.65. The smallest absolute Gasteiger partial charge is 0.134 e. The van der Waals surface area contributed by atoms with Crippen molar-refractivity contribution in [2.75, 3.05) is 5.32 Å². The van der Waals surface area contributed by atoms with Gasteiger partial charge in [0.15, 0.2) is 0 Å². The largest absolute Gasteiger partial charge is 0.367 e. The topological polar surface area (TPSA) is 37.8 Å². The van der Waals surface area contributed by atoms with Gasteiger partial charge in [-0.05, 0) is 34.7 Å². The van der Waals surface area contributed by atoms with Crippen LogP contribution in [0.5, 0.6) is 0 Å². The van der Waals surface area contributed by atoms with Crippen molar-refractivity contribution < 1.29 is 0 Å². The molecule has 0 aromatic carbocycles. The van der Waals surface area contributed by atoms with E-state index in [1.807, 2.05) is 6.07 Å². The van der Waals surface area contributed by atoms with E-state index in [4.69, 9.17) is 0 Å². The molecular weight excluding hydrogens is 266 g/mol. The van der Waals surface area contributed by atoms with Crippen LogP contribution in [0.25, 0.3) is 0 Å². The molecule has 0 radical (unpaired) electrons. The summed E-state index contributed by atoms with van der Waals surface area (Å²) in [7, 11) is 0.